The Labute approximate surface area is 132 Å². The molecule has 0 radical (unpaired) electrons. The van der Waals surface area contributed by atoms with Crippen LogP contribution in [0.1, 0.15) is 27.5 Å². The van der Waals surface area contributed by atoms with Crippen LogP contribution in [0.4, 0.5) is 0 Å². The zero-order valence-corrected chi connectivity index (χ0v) is 13.4. The summed E-state index contributed by atoms with van der Waals surface area (Å²) >= 11 is 3.32. The maximum Gasteiger partial charge on any atom is 0.233 e. The molecule has 0 bridgehead atoms. The second kappa shape index (κ2) is 6.22. The van der Waals surface area contributed by atoms with Crippen molar-refractivity contribution in [1.82, 2.24) is 4.90 Å². The van der Waals surface area contributed by atoms with Gasteiger partial charge in [0.05, 0.1) is 18.4 Å². The minimum atomic E-state index is -0.642. The molecular formula is C16H17NO2S2. The van der Waals surface area contributed by atoms with Crippen LogP contribution < -0.4 is 0 Å². The smallest absolute Gasteiger partial charge is 0.233 e. The summed E-state index contributed by atoms with van der Waals surface area (Å²) in [4.78, 5) is 15.2. The van der Waals surface area contributed by atoms with Gasteiger partial charge in [0.15, 0.2) is 0 Å². The molecule has 21 heavy (non-hydrogen) atoms. The van der Waals surface area contributed by atoms with E-state index < -0.39 is 6.10 Å². The van der Waals surface area contributed by atoms with E-state index in [1.54, 1.807) is 28.0 Å². The molecule has 3 nitrogen and oxygen atoms in total. The third-order valence-electron chi connectivity index (χ3n) is 3.65. The van der Waals surface area contributed by atoms with Crippen molar-refractivity contribution in [3.63, 3.8) is 0 Å². The summed E-state index contributed by atoms with van der Waals surface area (Å²) in [5.41, 5.74) is 2.07. The van der Waals surface area contributed by atoms with Crippen LogP contribution in [0.15, 0.2) is 41.8 Å². The monoisotopic (exact) mass is 319 g/mol. The first-order chi connectivity index (χ1) is 10.2. The largest absolute Gasteiger partial charge is 0.387 e. The summed E-state index contributed by atoms with van der Waals surface area (Å²) < 4.78 is 0. The highest BCUT2D eigenvalue weighted by atomic mass is 32.2. The molecule has 1 amide bonds. The summed E-state index contributed by atoms with van der Waals surface area (Å²) in [6, 6.07) is 11.6. The van der Waals surface area contributed by atoms with E-state index in [4.69, 9.17) is 0 Å². The summed E-state index contributed by atoms with van der Waals surface area (Å²) in [6.45, 7) is 2.42. The number of thioether (sulfide) groups is 1. The Bertz CT molecular complexity index is 626. The lowest BCUT2D eigenvalue weighted by atomic mass is 10.1. The van der Waals surface area contributed by atoms with E-state index in [2.05, 4.69) is 18.4 Å². The van der Waals surface area contributed by atoms with Gasteiger partial charge in [0, 0.05) is 4.88 Å². The molecule has 2 atom stereocenters. The van der Waals surface area contributed by atoms with Crippen LogP contribution in [0, 0.1) is 6.92 Å². The summed E-state index contributed by atoms with van der Waals surface area (Å²) in [6.07, 6.45) is -0.642. The highest BCUT2D eigenvalue weighted by Gasteiger charge is 2.35. The highest BCUT2D eigenvalue weighted by molar-refractivity contribution is 8.00. The molecule has 1 fully saturated rings. The van der Waals surface area contributed by atoms with E-state index in [9.17, 15) is 9.90 Å². The number of aryl methyl sites for hydroxylation is 1. The van der Waals surface area contributed by atoms with Crippen LogP contribution in [0.5, 0.6) is 0 Å². The Morgan fingerprint density at radius 2 is 2.10 bits per heavy atom. The van der Waals surface area contributed by atoms with E-state index in [0.29, 0.717) is 12.3 Å². The van der Waals surface area contributed by atoms with Crippen LogP contribution >= 0.6 is 23.1 Å². The number of amides is 1. The van der Waals surface area contributed by atoms with Crippen LogP contribution in [0.2, 0.25) is 0 Å². The Morgan fingerprint density at radius 1 is 1.33 bits per heavy atom. The van der Waals surface area contributed by atoms with E-state index >= 15 is 0 Å². The van der Waals surface area contributed by atoms with Crippen LogP contribution in [0.25, 0.3) is 0 Å². The van der Waals surface area contributed by atoms with Crippen molar-refractivity contribution in [2.24, 2.45) is 0 Å². The molecule has 0 spiro atoms. The summed E-state index contributed by atoms with van der Waals surface area (Å²) in [5, 5.41) is 12.5. The Hall–Kier alpha value is -1.30. The minimum Gasteiger partial charge on any atom is -0.387 e. The van der Waals surface area contributed by atoms with Crippen molar-refractivity contribution >= 4 is 29.0 Å². The van der Waals surface area contributed by atoms with Crippen molar-refractivity contribution in [2.75, 3.05) is 12.3 Å². The fourth-order valence-electron chi connectivity index (χ4n) is 2.47. The van der Waals surface area contributed by atoms with Gasteiger partial charge in [-0.1, -0.05) is 30.3 Å². The third-order valence-corrected chi connectivity index (χ3v) is 6.09. The zero-order chi connectivity index (χ0) is 14.8. The number of carbonyl (C=O) groups is 1. The normalized spacial score (nSPS) is 20.0. The van der Waals surface area contributed by atoms with Gasteiger partial charge in [0.2, 0.25) is 5.91 Å². The molecule has 2 aromatic rings. The number of hydrogen-bond acceptors (Lipinski definition) is 4. The lowest BCUT2D eigenvalue weighted by molar-refractivity contribution is -0.129. The molecule has 0 saturated carbocycles. The molecule has 5 heteroatoms. The molecule has 0 aliphatic carbocycles. The van der Waals surface area contributed by atoms with Crippen molar-refractivity contribution in [2.45, 2.75) is 18.4 Å². The lowest BCUT2D eigenvalue weighted by Crippen LogP contribution is -2.32. The number of thiophene rings is 1. The lowest BCUT2D eigenvalue weighted by Gasteiger charge is -2.26. The van der Waals surface area contributed by atoms with Gasteiger partial charge < -0.3 is 10.0 Å². The molecule has 3 rings (SSSR count). The quantitative estimate of drug-likeness (QED) is 0.939. The van der Waals surface area contributed by atoms with Crippen LogP contribution in [-0.2, 0) is 4.79 Å². The molecule has 1 aromatic heterocycles. The van der Waals surface area contributed by atoms with E-state index in [1.165, 1.54) is 10.4 Å². The Kier molecular flexibility index (Phi) is 4.33. The van der Waals surface area contributed by atoms with E-state index in [0.717, 1.165) is 5.56 Å². The van der Waals surface area contributed by atoms with Gasteiger partial charge in [-0.2, -0.15) is 0 Å². The maximum atomic E-state index is 12.2. The minimum absolute atomic E-state index is 0.0378. The average molecular weight is 319 g/mol. The molecule has 110 valence electrons. The number of aliphatic hydroxyl groups excluding tert-OH is 1. The molecular weight excluding hydrogens is 302 g/mol. The highest BCUT2D eigenvalue weighted by Crippen LogP contribution is 2.42. The summed E-state index contributed by atoms with van der Waals surface area (Å²) in [7, 11) is 0. The first-order valence-electron chi connectivity index (χ1n) is 6.85. The van der Waals surface area contributed by atoms with Gasteiger partial charge in [0.1, 0.15) is 5.37 Å². The first-order valence-corrected chi connectivity index (χ1v) is 8.77. The van der Waals surface area contributed by atoms with Crippen molar-refractivity contribution in [1.29, 1.82) is 0 Å². The number of nitrogens with zero attached hydrogens (tertiary/aromatic N) is 1. The van der Waals surface area contributed by atoms with E-state index in [1.807, 2.05) is 30.3 Å². The van der Waals surface area contributed by atoms with Crippen LogP contribution in [0.3, 0.4) is 0 Å². The molecule has 1 N–H and O–H groups in total. The van der Waals surface area contributed by atoms with Gasteiger partial charge in [-0.05, 0) is 29.5 Å². The number of rotatable bonds is 4. The second-order valence-corrected chi connectivity index (χ2v) is 7.12. The second-order valence-electron chi connectivity index (χ2n) is 5.10. The van der Waals surface area contributed by atoms with Gasteiger partial charge in [-0.3, -0.25) is 4.79 Å². The van der Waals surface area contributed by atoms with Gasteiger partial charge in [-0.25, -0.2) is 0 Å². The molecule has 2 heterocycles. The van der Waals surface area contributed by atoms with Crippen molar-refractivity contribution in [3.8, 4) is 0 Å². The number of benzene rings is 1. The molecule has 1 aromatic carbocycles. The standard InChI is InChI=1S/C16H17NO2S2/c1-11-7-8-20-15(11)16-17(14(19)10-21-16)9-13(18)12-5-3-2-4-6-12/h2-8,13,16,18H,9-10H2,1H3/t13-,16+/m0/s1. The van der Waals surface area contributed by atoms with E-state index in [-0.39, 0.29) is 11.3 Å². The van der Waals surface area contributed by atoms with Gasteiger partial charge in [-0.15, -0.1) is 23.1 Å². The molecule has 1 aliphatic heterocycles. The fourth-order valence-corrected chi connectivity index (χ4v) is 4.95. The zero-order valence-electron chi connectivity index (χ0n) is 11.7. The average Bonchev–Trinajstić information content (AvgIpc) is 3.07. The fraction of sp³-hybridized carbons (Fsp3) is 0.312. The van der Waals surface area contributed by atoms with Gasteiger partial charge in [0.25, 0.3) is 0 Å². The molecule has 0 unspecified atom stereocenters. The van der Waals surface area contributed by atoms with Crippen molar-refractivity contribution < 1.29 is 9.90 Å². The predicted octanol–water partition coefficient (Wildman–Crippen LogP) is 3.36. The number of aliphatic hydroxyl groups is 1. The Morgan fingerprint density at radius 3 is 2.76 bits per heavy atom. The van der Waals surface area contributed by atoms with Gasteiger partial charge >= 0.3 is 0 Å². The Balaban J connectivity index is 1.79. The third kappa shape index (κ3) is 3.00. The number of β-amino-alcohol motifs (C(OH)–C–C–N with tert-alkyl or cyclic N) is 1. The molecule has 1 saturated heterocycles. The topological polar surface area (TPSA) is 40.5 Å². The molecule has 1 aliphatic rings. The predicted molar refractivity (Wildman–Crippen MR) is 87.4 cm³/mol. The first kappa shape index (κ1) is 14.6. The number of carbonyl (C=O) groups excluding carboxylic acids is 1. The SMILES string of the molecule is Cc1ccsc1[C@H]1SCC(=O)N1C[C@H](O)c1ccccc1. The van der Waals surface area contributed by atoms with Crippen LogP contribution in [-0.4, -0.2) is 28.2 Å². The number of hydrogen-bond donors (Lipinski definition) is 1. The van der Waals surface area contributed by atoms with Crippen molar-refractivity contribution in [3.05, 3.63) is 57.8 Å². The summed E-state index contributed by atoms with van der Waals surface area (Å²) in [5.74, 6) is 0.594. The maximum absolute atomic E-state index is 12.2.